The molecule has 2 rings (SSSR count). The standard InChI is InChI=1S/C14H14BrN3O/c1-8-5-11(6-9(2)13(8)15)18-14(19)12-4-3-10(16)7-17-12/h3-7H,16H2,1-2H3,(H,18,19). The highest BCUT2D eigenvalue weighted by molar-refractivity contribution is 9.10. The van der Waals surface area contributed by atoms with Crippen LogP contribution in [0.4, 0.5) is 11.4 Å². The number of pyridine rings is 1. The van der Waals surface area contributed by atoms with E-state index in [0.717, 1.165) is 21.3 Å². The van der Waals surface area contributed by atoms with Crippen LogP contribution in [0.2, 0.25) is 0 Å². The minimum Gasteiger partial charge on any atom is -0.397 e. The SMILES string of the molecule is Cc1cc(NC(=O)c2ccc(N)cn2)cc(C)c1Br. The highest BCUT2D eigenvalue weighted by Crippen LogP contribution is 2.25. The Hall–Kier alpha value is -1.88. The fourth-order valence-corrected chi connectivity index (χ4v) is 1.98. The van der Waals surface area contributed by atoms with E-state index in [2.05, 4.69) is 26.2 Å². The quantitative estimate of drug-likeness (QED) is 0.892. The molecule has 1 heterocycles. The normalized spacial score (nSPS) is 10.3. The van der Waals surface area contributed by atoms with E-state index in [4.69, 9.17) is 5.73 Å². The lowest BCUT2D eigenvalue weighted by molar-refractivity contribution is 0.102. The maximum Gasteiger partial charge on any atom is 0.274 e. The van der Waals surface area contributed by atoms with Crippen molar-refractivity contribution < 1.29 is 4.79 Å². The van der Waals surface area contributed by atoms with Gasteiger partial charge >= 0.3 is 0 Å². The molecule has 0 radical (unpaired) electrons. The molecule has 0 spiro atoms. The number of carbonyl (C=O) groups is 1. The molecule has 2 aromatic rings. The topological polar surface area (TPSA) is 68.0 Å². The van der Waals surface area contributed by atoms with E-state index in [1.54, 1.807) is 12.1 Å². The van der Waals surface area contributed by atoms with Crippen molar-refractivity contribution in [2.75, 3.05) is 11.1 Å². The molecule has 4 nitrogen and oxygen atoms in total. The van der Waals surface area contributed by atoms with E-state index >= 15 is 0 Å². The molecule has 0 aliphatic heterocycles. The maximum absolute atomic E-state index is 12.0. The molecule has 0 atom stereocenters. The van der Waals surface area contributed by atoms with Gasteiger partial charge in [0.15, 0.2) is 0 Å². The van der Waals surface area contributed by atoms with Crippen LogP contribution in [-0.4, -0.2) is 10.9 Å². The molecule has 0 saturated heterocycles. The van der Waals surface area contributed by atoms with Crippen molar-refractivity contribution in [1.82, 2.24) is 4.98 Å². The molecular weight excluding hydrogens is 306 g/mol. The molecule has 1 amide bonds. The number of aromatic nitrogens is 1. The number of benzene rings is 1. The summed E-state index contributed by atoms with van der Waals surface area (Å²) < 4.78 is 1.05. The zero-order chi connectivity index (χ0) is 14.0. The van der Waals surface area contributed by atoms with Crippen molar-refractivity contribution in [3.63, 3.8) is 0 Å². The van der Waals surface area contributed by atoms with Crippen molar-refractivity contribution in [3.8, 4) is 0 Å². The molecule has 98 valence electrons. The largest absolute Gasteiger partial charge is 0.397 e. The number of hydrogen-bond donors (Lipinski definition) is 2. The molecule has 0 aliphatic rings. The lowest BCUT2D eigenvalue weighted by atomic mass is 10.1. The summed E-state index contributed by atoms with van der Waals surface area (Å²) in [7, 11) is 0. The fraction of sp³-hybridized carbons (Fsp3) is 0.143. The summed E-state index contributed by atoms with van der Waals surface area (Å²) in [5.74, 6) is -0.249. The first-order chi connectivity index (χ1) is 8.97. The molecule has 0 aliphatic carbocycles. The van der Waals surface area contributed by atoms with E-state index in [9.17, 15) is 4.79 Å². The van der Waals surface area contributed by atoms with Gasteiger partial charge < -0.3 is 11.1 Å². The number of nitrogens with zero attached hydrogens (tertiary/aromatic N) is 1. The van der Waals surface area contributed by atoms with Gasteiger partial charge in [-0.05, 0) is 49.2 Å². The van der Waals surface area contributed by atoms with E-state index < -0.39 is 0 Å². The van der Waals surface area contributed by atoms with Crippen LogP contribution in [0.25, 0.3) is 0 Å². The van der Waals surface area contributed by atoms with E-state index in [0.29, 0.717) is 11.4 Å². The van der Waals surface area contributed by atoms with Crippen molar-refractivity contribution in [1.29, 1.82) is 0 Å². The molecule has 5 heteroatoms. The third kappa shape index (κ3) is 3.12. The van der Waals surface area contributed by atoms with Crippen LogP contribution >= 0.6 is 15.9 Å². The Kier molecular flexibility index (Phi) is 3.85. The third-order valence-corrected chi connectivity index (χ3v) is 3.96. The summed E-state index contributed by atoms with van der Waals surface area (Å²) >= 11 is 3.49. The maximum atomic E-state index is 12.0. The molecule has 19 heavy (non-hydrogen) atoms. The smallest absolute Gasteiger partial charge is 0.274 e. The van der Waals surface area contributed by atoms with Crippen LogP contribution < -0.4 is 11.1 Å². The second-order valence-electron chi connectivity index (χ2n) is 4.35. The number of nitrogens with one attached hydrogen (secondary N) is 1. The van der Waals surface area contributed by atoms with Crippen molar-refractivity contribution in [2.45, 2.75) is 13.8 Å². The Morgan fingerprint density at radius 1 is 1.26 bits per heavy atom. The summed E-state index contributed by atoms with van der Waals surface area (Å²) in [4.78, 5) is 16.0. The van der Waals surface area contributed by atoms with Crippen LogP contribution in [0.3, 0.4) is 0 Å². The second-order valence-corrected chi connectivity index (χ2v) is 5.15. The van der Waals surface area contributed by atoms with Gasteiger partial charge in [0, 0.05) is 10.2 Å². The summed E-state index contributed by atoms with van der Waals surface area (Å²) in [5, 5.41) is 2.82. The van der Waals surface area contributed by atoms with Gasteiger partial charge in [-0.3, -0.25) is 4.79 Å². The summed E-state index contributed by atoms with van der Waals surface area (Å²) in [6, 6.07) is 7.07. The number of nitrogens with two attached hydrogens (primary N) is 1. The summed E-state index contributed by atoms with van der Waals surface area (Å²) in [5.41, 5.74) is 9.30. The van der Waals surface area contributed by atoms with Gasteiger partial charge in [-0.1, -0.05) is 15.9 Å². The summed E-state index contributed by atoms with van der Waals surface area (Å²) in [6.07, 6.45) is 1.47. The van der Waals surface area contributed by atoms with E-state index in [1.807, 2.05) is 26.0 Å². The van der Waals surface area contributed by atoms with Crippen molar-refractivity contribution >= 4 is 33.2 Å². The molecular formula is C14H14BrN3O. The molecule has 0 bridgehead atoms. The molecule has 1 aromatic carbocycles. The Balaban J connectivity index is 2.22. The van der Waals surface area contributed by atoms with Crippen LogP contribution in [0, 0.1) is 13.8 Å². The fourth-order valence-electron chi connectivity index (χ4n) is 1.75. The highest BCUT2D eigenvalue weighted by atomic mass is 79.9. The van der Waals surface area contributed by atoms with Crippen LogP contribution in [0.5, 0.6) is 0 Å². The monoisotopic (exact) mass is 319 g/mol. The first-order valence-electron chi connectivity index (χ1n) is 5.77. The number of rotatable bonds is 2. The van der Waals surface area contributed by atoms with Gasteiger partial charge in [0.2, 0.25) is 0 Å². The number of hydrogen-bond acceptors (Lipinski definition) is 3. The lowest BCUT2D eigenvalue weighted by Gasteiger charge is -2.09. The van der Waals surface area contributed by atoms with Gasteiger partial charge in [0.1, 0.15) is 5.69 Å². The van der Waals surface area contributed by atoms with Crippen molar-refractivity contribution in [2.24, 2.45) is 0 Å². The number of nitrogen functional groups attached to an aromatic ring is 1. The zero-order valence-corrected chi connectivity index (χ0v) is 12.3. The Bertz CT molecular complexity index is 600. The van der Waals surface area contributed by atoms with Gasteiger partial charge in [-0.2, -0.15) is 0 Å². The average molecular weight is 320 g/mol. The molecule has 3 N–H and O–H groups in total. The summed E-state index contributed by atoms with van der Waals surface area (Å²) in [6.45, 7) is 3.96. The van der Waals surface area contributed by atoms with Crippen molar-refractivity contribution in [3.05, 3.63) is 51.8 Å². The molecule has 0 fully saturated rings. The molecule has 0 unspecified atom stereocenters. The Morgan fingerprint density at radius 3 is 2.42 bits per heavy atom. The average Bonchev–Trinajstić information content (AvgIpc) is 2.36. The molecule has 1 aromatic heterocycles. The number of amides is 1. The number of carbonyl (C=O) groups excluding carboxylic acids is 1. The number of aryl methyl sites for hydroxylation is 2. The van der Waals surface area contributed by atoms with Crippen LogP contribution in [0.1, 0.15) is 21.6 Å². The predicted molar refractivity (Wildman–Crippen MR) is 80.2 cm³/mol. The van der Waals surface area contributed by atoms with Crippen LogP contribution in [-0.2, 0) is 0 Å². The zero-order valence-electron chi connectivity index (χ0n) is 10.7. The second kappa shape index (κ2) is 5.40. The molecule has 0 saturated carbocycles. The first kappa shape index (κ1) is 13.5. The third-order valence-electron chi connectivity index (χ3n) is 2.71. The predicted octanol–water partition coefficient (Wildman–Crippen LogP) is 3.30. The van der Waals surface area contributed by atoms with E-state index in [1.165, 1.54) is 6.20 Å². The van der Waals surface area contributed by atoms with Crippen LogP contribution in [0.15, 0.2) is 34.9 Å². The Labute approximate surface area is 120 Å². The number of halogens is 1. The Morgan fingerprint density at radius 2 is 1.89 bits per heavy atom. The van der Waals surface area contributed by atoms with E-state index in [-0.39, 0.29) is 5.91 Å². The van der Waals surface area contributed by atoms with Gasteiger partial charge in [-0.25, -0.2) is 4.98 Å². The lowest BCUT2D eigenvalue weighted by Crippen LogP contribution is -2.14. The van der Waals surface area contributed by atoms with Gasteiger partial charge in [-0.15, -0.1) is 0 Å². The first-order valence-corrected chi connectivity index (χ1v) is 6.56. The van der Waals surface area contributed by atoms with Gasteiger partial charge in [0.25, 0.3) is 5.91 Å². The minimum atomic E-state index is -0.249. The minimum absolute atomic E-state index is 0.249. The number of anilines is 2. The highest BCUT2D eigenvalue weighted by Gasteiger charge is 2.09. The van der Waals surface area contributed by atoms with Gasteiger partial charge in [0.05, 0.1) is 11.9 Å².